The second-order valence-electron chi connectivity index (χ2n) is 4.59. The fraction of sp³-hybridized carbons (Fsp3) is 0.0769. The first kappa shape index (κ1) is 14.9. The SMILES string of the molecule is NS(=O)(=O)c1ccc(CNc2nccn3c(Br)cnc23)cc1. The first-order valence-electron chi connectivity index (χ1n) is 6.28. The van der Waals surface area contributed by atoms with E-state index < -0.39 is 10.0 Å². The summed E-state index contributed by atoms with van der Waals surface area (Å²) in [6.45, 7) is 0.488. The molecule has 1 aromatic carbocycles. The van der Waals surface area contributed by atoms with Gasteiger partial charge < -0.3 is 5.32 Å². The second-order valence-corrected chi connectivity index (χ2v) is 6.97. The number of rotatable bonds is 4. The lowest BCUT2D eigenvalue weighted by Crippen LogP contribution is -2.12. The standard InChI is InChI=1S/C13H12BrN5O2S/c14-11-8-18-13-12(16-5-6-19(11)13)17-7-9-1-3-10(4-2-9)22(15,20)21/h1-6,8H,7H2,(H,16,17)(H2,15,20,21). The van der Waals surface area contributed by atoms with E-state index in [-0.39, 0.29) is 4.90 Å². The molecule has 0 bridgehead atoms. The summed E-state index contributed by atoms with van der Waals surface area (Å²) >= 11 is 3.40. The van der Waals surface area contributed by atoms with Gasteiger partial charge in [0.15, 0.2) is 11.5 Å². The van der Waals surface area contributed by atoms with Crippen LogP contribution in [-0.2, 0) is 16.6 Å². The van der Waals surface area contributed by atoms with Gasteiger partial charge in [0.05, 0.1) is 11.1 Å². The minimum Gasteiger partial charge on any atom is -0.363 e. The van der Waals surface area contributed by atoms with Crippen LogP contribution in [-0.4, -0.2) is 22.8 Å². The summed E-state index contributed by atoms with van der Waals surface area (Å²) in [7, 11) is -3.66. The van der Waals surface area contributed by atoms with Crippen molar-refractivity contribution >= 4 is 37.4 Å². The predicted octanol–water partition coefficient (Wildman–Crippen LogP) is 1.75. The maximum Gasteiger partial charge on any atom is 0.238 e. The monoisotopic (exact) mass is 381 g/mol. The highest BCUT2D eigenvalue weighted by Crippen LogP contribution is 2.18. The smallest absolute Gasteiger partial charge is 0.238 e. The molecule has 0 aliphatic carbocycles. The first-order valence-corrected chi connectivity index (χ1v) is 8.62. The van der Waals surface area contributed by atoms with E-state index in [1.54, 1.807) is 30.7 Å². The highest BCUT2D eigenvalue weighted by molar-refractivity contribution is 9.10. The molecule has 0 saturated heterocycles. The van der Waals surface area contributed by atoms with Crippen molar-refractivity contribution < 1.29 is 8.42 Å². The number of halogens is 1. The lowest BCUT2D eigenvalue weighted by Gasteiger charge is -2.07. The number of nitrogens with zero attached hydrogens (tertiary/aromatic N) is 3. The summed E-state index contributed by atoms with van der Waals surface area (Å²) in [5.74, 6) is 0.642. The van der Waals surface area contributed by atoms with Crippen molar-refractivity contribution in [3.8, 4) is 0 Å². The highest BCUT2D eigenvalue weighted by atomic mass is 79.9. The van der Waals surface area contributed by atoms with E-state index in [9.17, 15) is 8.42 Å². The fourth-order valence-electron chi connectivity index (χ4n) is 2.00. The van der Waals surface area contributed by atoms with Crippen LogP contribution in [0.25, 0.3) is 5.65 Å². The molecule has 2 heterocycles. The van der Waals surface area contributed by atoms with E-state index in [1.165, 1.54) is 12.1 Å². The molecule has 0 amide bonds. The number of imidazole rings is 1. The van der Waals surface area contributed by atoms with Crippen LogP contribution >= 0.6 is 15.9 Å². The zero-order chi connectivity index (χ0) is 15.7. The zero-order valence-electron chi connectivity index (χ0n) is 11.3. The average molecular weight is 382 g/mol. The van der Waals surface area contributed by atoms with Crippen molar-refractivity contribution in [2.45, 2.75) is 11.4 Å². The molecule has 0 aliphatic rings. The van der Waals surface area contributed by atoms with Gasteiger partial charge in [-0.25, -0.2) is 23.5 Å². The van der Waals surface area contributed by atoms with E-state index in [1.807, 2.05) is 4.40 Å². The Bertz CT molecular complexity index is 921. The molecule has 2 aromatic heterocycles. The first-order chi connectivity index (χ1) is 10.4. The third kappa shape index (κ3) is 2.96. The Morgan fingerprint density at radius 2 is 1.95 bits per heavy atom. The van der Waals surface area contributed by atoms with E-state index in [0.717, 1.165) is 10.2 Å². The highest BCUT2D eigenvalue weighted by Gasteiger charge is 2.08. The van der Waals surface area contributed by atoms with Crippen molar-refractivity contribution in [3.05, 3.63) is 53.0 Å². The van der Waals surface area contributed by atoms with Crippen LogP contribution in [0.2, 0.25) is 0 Å². The molecule has 0 saturated carbocycles. The topological polar surface area (TPSA) is 102 Å². The van der Waals surface area contributed by atoms with Crippen molar-refractivity contribution in [1.82, 2.24) is 14.4 Å². The molecule has 3 N–H and O–H groups in total. The molecule has 0 fully saturated rings. The second kappa shape index (κ2) is 5.67. The number of nitrogens with one attached hydrogen (secondary N) is 1. The minimum atomic E-state index is -3.66. The molecule has 7 nitrogen and oxygen atoms in total. The van der Waals surface area contributed by atoms with E-state index >= 15 is 0 Å². The van der Waals surface area contributed by atoms with Crippen molar-refractivity contribution in [2.75, 3.05) is 5.32 Å². The number of sulfonamides is 1. The quantitative estimate of drug-likeness (QED) is 0.716. The molecule has 3 aromatic rings. The van der Waals surface area contributed by atoms with Crippen molar-refractivity contribution in [3.63, 3.8) is 0 Å². The van der Waals surface area contributed by atoms with Crippen molar-refractivity contribution in [2.24, 2.45) is 5.14 Å². The van der Waals surface area contributed by atoms with Crippen LogP contribution in [0.4, 0.5) is 5.82 Å². The third-order valence-electron chi connectivity index (χ3n) is 3.09. The number of aromatic nitrogens is 3. The summed E-state index contributed by atoms with van der Waals surface area (Å²) in [4.78, 5) is 8.62. The molecule has 0 atom stereocenters. The molecular weight excluding hydrogens is 370 g/mol. The molecule has 22 heavy (non-hydrogen) atoms. The van der Waals surface area contributed by atoms with Crippen LogP contribution in [0, 0.1) is 0 Å². The molecule has 3 rings (SSSR count). The lowest BCUT2D eigenvalue weighted by molar-refractivity contribution is 0.598. The number of nitrogens with two attached hydrogens (primary N) is 1. The number of fused-ring (bicyclic) bond motifs is 1. The molecule has 0 unspecified atom stereocenters. The van der Waals surface area contributed by atoms with Gasteiger partial charge >= 0.3 is 0 Å². The maximum absolute atomic E-state index is 11.2. The van der Waals surface area contributed by atoms with Crippen LogP contribution < -0.4 is 10.5 Å². The van der Waals surface area contributed by atoms with E-state index in [4.69, 9.17) is 5.14 Å². The molecule has 0 radical (unpaired) electrons. The molecule has 0 spiro atoms. The average Bonchev–Trinajstić information content (AvgIpc) is 2.87. The van der Waals surface area contributed by atoms with Gasteiger partial charge in [-0.05, 0) is 33.6 Å². The van der Waals surface area contributed by atoms with E-state index in [0.29, 0.717) is 18.0 Å². The molecular formula is C13H12BrN5O2S. The zero-order valence-corrected chi connectivity index (χ0v) is 13.7. The minimum absolute atomic E-state index is 0.0914. The Hall–Kier alpha value is -1.97. The summed E-state index contributed by atoms with van der Waals surface area (Å²) < 4.78 is 25.1. The van der Waals surface area contributed by atoms with Gasteiger partial charge in [-0.3, -0.25) is 4.40 Å². The Morgan fingerprint density at radius 1 is 1.23 bits per heavy atom. The van der Waals surface area contributed by atoms with Gasteiger partial charge in [0.25, 0.3) is 0 Å². The van der Waals surface area contributed by atoms with Gasteiger partial charge in [-0.1, -0.05) is 12.1 Å². The lowest BCUT2D eigenvalue weighted by atomic mass is 10.2. The van der Waals surface area contributed by atoms with E-state index in [2.05, 4.69) is 31.2 Å². The fourth-order valence-corrected chi connectivity index (χ4v) is 2.90. The summed E-state index contributed by atoms with van der Waals surface area (Å²) in [5.41, 5.74) is 1.61. The van der Waals surface area contributed by atoms with Gasteiger partial charge in [0.2, 0.25) is 10.0 Å². The van der Waals surface area contributed by atoms with Gasteiger partial charge in [-0.15, -0.1) is 0 Å². The van der Waals surface area contributed by atoms with Crippen molar-refractivity contribution in [1.29, 1.82) is 0 Å². The number of anilines is 1. The predicted molar refractivity (Wildman–Crippen MR) is 85.8 cm³/mol. The van der Waals surface area contributed by atoms with Crippen LogP contribution in [0.15, 0.2) is 52.4 Å². The number of hydrogen-bond acceptors (Lipinski definition) is 5. The van der Waals surface area contributed by atoms with Gasteiger partial charge in [0, 0.05) is 18.9 Å². The molecule has 9 heteroatoms. The summed E-state index contributed by atoms with van der Waals surface area (Å²) in [6, 6.07) is 6.36. The molecule has 0 aliphatic heterocycles. The van der Waals surface area contributed by atoms with Gasteiger partial charge in [-0.2, -0.15) is 0 Å². The number of benzene rings is 1. The summed E-state index contributed by atoms with van der Waals surface area (Å²) in [6.07, 6.45) is 5.17. The van der Waals surface area contributed by atoms with Gasteiger partial charge in [0.1, 0.15) is 4.60 Å². The van der Waals surface area contributed by atoms with Crippen LogP contribution in [0.5, 0.6) is 0 Å². The number of primary sulfonamides is 1. The Kier molecular flexibility index (Phi) is 3.85. The largest absolute Gasteiger partial charge is 0.363 e. The molecule has 114 valence electrons. The third-order valence-corrected chi connectivity index (χ3v) is 4.61. The van der Waals surface area contributed by atoms with Crippen LogP contribution in [0.3, 0.4) is 0 Å². The normalized spacial score (nSPS) is 11.7. The summed E-state index contributed by atoms with van der Waals surface area (Å²) in [5, 5.41) is 8.25. The Labute approximate surface area is 135 Å². The number of hydrogen-bond donors (Lipinski definition) is 2. The van der Waals surface area contributed by atoms with Crippen LogP contribution in [0.1, 0.15) is 5.56 Å². The maximum atomic E-state index is 11.2. The Balaban J connectivity index is 1.79. The Morgan fingerprint density at radius 3 is 2.64 bits per heavy atom.